The van der Waals surface area contributed by atoms with Gasteiger partial charge in [0, 0.05) is 13.1 Å². The maximum absolute atomic E-state index is 11.9. The molecule has 0 unspecified atom stereocenters. The average Bonchev–Trinajstić information content (AvgIpc) is 2.67. The van der Waals surface area contributed by atoms with Gasteiger partial charge in [0.2, 0.25) is 0 Å². The van der Waals surface area contributed by atoms with Gasteiger partial charge in [0.15, 0.2) is 0 Å². The number of rotatable bonds is 4. The van der Waals surface area contributed by atoms with Gasteiger partial charge in [0.25, 0.3) is 5.91 Å². The van der Waals surface area contributed by atoms with Crippen molar-refractivity contribution in [3.63, 3.8) is 0 Å². The first-order valence-corrected chi connectivity index (χ1v) is 5.62. The fourth-order valence-corrected chi connectivity index (χ4v) is 1.98. The molecule has 0 aliphatic carbocycles. The minimum Gasteiger partial charge on any atom is -0.338 e. The number of hydrogen-bond acceptors (Lipinski definition) is 4. The molecule has 1 rings (SSSR count). The number of carbonyl (C=O) groups is 1. The molecule has 4 nitrogen and oxygen atoms in total. The summed E-state index contributed by atoms with van der Waals surface area (Å²) < 4.78 is 3.81. The highest BCUT2D eigenvalue weighted by Gasteiger charge is 2.18. The normalized spacial score (nSPS) is 10.2. The van der Waals surface area contributed by atoms with Crippen molar-refractivity contribution in [2.75, 3.05) is 13.1 Å². The minimum atomic E-state index is 0.0573. The van der Waals surface area contributed by atoms with E-state index in [-0.39, 0.29) is 5.91 Å². The molecule has 0 bridgehead atoms. The van der Waals surface area contributed by atoms with E-state index in [0.29, 0.717) is 4.88 Å². The highest BCUT2D eigenvalue weighted by molar-refractivity contribution is 7.07. The zero-order valence-corrected chi connectivity index (χ0v) is 9.60. The van der Waals surface area contributed by atoms with Crippen LogP contribution in [0.15, 0.2) is 0 Å². The first kappa shape index (κ1) is 11.1. The third-order valence-corrected chi connectivity index (χ3v) is 2.89. The second-order valence-electron chi connectivity index (χ2n) is 2.88. The Morgan fingerprint density at radius 3 is 2.50 bits per heavy atom. The molecule has 0 radical (unpaired) electrons. The Labute approximate surface area is 88.1 Å². The van der Waals surface area contributed by atoms with Crippen molar-refractivity contribution in [1.29, 1.82) is 0 Å². The summed E-state index contributed by atoms with van der Waals surface area (Å²) in [6.45, 7) is 7.39. The molecule has 0 saturated carbocycles. The summed E-state index contributed by atoms with van der Waals surface area (Å²) in [5.41, 5.74) is 0.812. The molecular formula is C9H15N3OS. The van der Waals surface area contributed by atoms with Crippen molar-refractivity contribution in [2.45, 2.75) is 27.2 Å². The second kappa shape index (κ2) is 5.05. The lowest BCUT2D eigenvalue weighted by Crippen LogP contribution is -2.30. The molecule has 0 aromatic carbocycles. The van der Waals surface area contributed by atoms with Gasteiger partial charge in [0.1, 0.15) is 4.88 Å². The van der Waals surface area contributed by atoms with Crippen LogP contribution in [0.2, 0.25) is 0 Å². The summed E-state index contributed by atoms with van der Waals surface area (Å²) in [6.07, 6.45) is 0.763. The van der Waals surface area contributed by atoms with Crippen molar-refractivity contribution in [3.05, 3.63) is 10.6 Å². The van der Waals surface area contributed by atoms with E-state index in [1.807, 2.05) is 20.8 Å². The molecule has 1 aromatic heterocycles. The third-order valence-electron chi connectivity index (χ3n) is 2.14. The van der Waals surface area contributed by atoms with Gasteiger partial charge in [-0.2, -0.15) is 0 Å². The van der Waals surface area contributed by atoms with Gasteiger partial charge in [-0.05, 0) is 31.8 Å². The zero-order valence-electron chi connectivity index (χ0n) is 8.78. The van der Waals surface area contributed by atoms with E-state index in [1.165, 1.54) is 11.5 Å². The molecule has 0 aliphatic rings. The van der Waals surface area contributed by atoms with Crippen LogP contribution >= 0.6 is 11.5 Å². The van der Waals surface area contributed by atoms with E-state index >= 15 is 0 Å². The smallest absolute Gasteiger partial charge is 0.267 e. The van der Waals surface area contributed by atoms with E-state index in [9.17, 15) is 4.79 Å². The maximum Gasteiger partial charge on any atom is 0.267 e. The Morgan fingerprint density at radius 2 is 2.00 bits per heavy atom. The Bertz CT molecular complexity index is 307. The number of hydrogen-bond donors (Lipinski definition) is 0. The summed E-state index contributed by atoms with van der Waals surface area (Å²) in [4.78, 5) is 14.4. The predicted octanol–water partition coefficient (Wildman–Crippen LogP) is 1.58. The minimum absolute atomic E-state index is 0.0573. The molecule has 0 spiro atoms. The highest BCUT2D eigenvalue weighted by atomic mass is 32.1. The molecule has 5 heteroatoms. The Kier molecular flexibility index (Phi) is 4.00. The van der Waals surface area contributed by atoms with Crippen molar-refractivity contribution in [3.8, 4) is 0 Å². The van der Waals surface area contributed by atoms with E-state index < -0.39 is 0 Å². The average molecular weight is 213 g/mol. The summed E-state index contributed by atoms with van der Waals surface area (Å²) >= 11 is 1.19. The largest absolute Gasteiger partial charge is 0.338 e. The van der Waals surface area contributed by atoms with Crippen LogP contribution in [0.3, 0.4) is 0 Å². The molecule has 0 saturated heterocycles. The van der Waals surface area contributed by atoms with Crippen LogP contribution in [0.1, 0.15) is 36.1 Å². The van der Waals surface area contributed by atoms with Gasteiger partial charge < -0.3 is 4.90 Å². The molecule has 1 heterocycles. The molecular weight excluding hydrogens is 198 g/mol. The van der Waals surface area contributed by atoms with Gasteiger partial charge in [0.05, 0.1) is 5.69 Å². The molecule has 0 aliphatic heterocycles. The molecule has 0 atom stereocenters. The quantitative estimate of drug-likeness (QED) is 0.763. The van der Waals surface area contributed by atoms with Gasteiger partial charge in [-0.1, -0.05) is 11.4 Å². The highest BCUT2D eigenvalue weighted by Crippen LogP contribution is 2.13. The molecule has 0 N–H and O–H groups in total. The van der Waals surface area contributed by atoms with Crippen molar-refractivity contribution in [1.82, 2.24) is 14.5 Å². The Balaban J connectivity index is 2.87. The Morgan fingerprint density at radius 1 is 1.36 bits per heavy atom. The number of aryl methyl sites for hydroxylation is 1. The zero-order chi connectivity index (χ0) is 10.6. The standard InChI is InChI=1S/C9H15N3OS/c1-4-7-8(14-11-10-7)9(13)12(5-2)6-3/h4-6H2,1-3H3. The number of amides is 1. The second-order valence-corrected chi connectivity index (χ2v) is 3.63. The molecule has 0 fully saturated rings. The summed E-state index contributed by atoms with van der Waals surface area (Å²) in [5, 5.41) is 3.93. The predicted molar refractivity (Wildman–Crippen MR) is 56.5 cm³/mol. The van der Waals surface area contributed by atoms with Crippen LogP contribution in [0.25, 0.3) is 0 Å². The van der Waals surface area contributed by atoms with E-state index in [4.69, 9.17) is 0 Å². The lowest BCUT2D eigenvalue weighted by atomic mass is 10.2. The fraction of sp³-hybridized carbons (Fsp3) is 0.667. The van der Waals surface area contributed by atoms with Crippen LogP contribution < -0.4 is 0 Å². The van der Waals surface area contributed by atoms with E-state index in [2.05, 4.69) is 9.59 Å². The first-order valence-electron chi connectivity index (χ1n) is 4.85. The van der Waals surface area contributed by atoms with Crippen molar-refractivity contribution in [2.24, 2.45) is 0 Å². The Hall–Kier alpha value is -0.970. The molecule has 1 amide bonds. The summed E-state index contributed by atoms with van der Waals surface area (Å²) in [7, 11) is 0. The van der Waals surface area contributed by atoms with Crippen LogP contribution in [-0.2, 0) is 6.42 Å². The van der Waals surface area contributed by atoms with E-state index in [1.54, 1.807) is 4.90 Å². The van der Waals surface area contributed by atoms with Gasteiger partial charge >= 0.3 is 0 Å². The fourth-order valence-electron chi connectivity index (χ4n) is 1.26. The number of carbonyl (C=O) groups excluding carboxylic acids is 1. The third kappa shape index (κ3) is 2.09. The van der Waals surface area contributed by atoms with Crippen LogP contribution in [0, 0.1) is 0 Å². The lowest BCUT2D eigenvalue weighted by Gasteiger charge is -2.17. The summed E-state index contributed by atoms with van der Waals surface area (Å²) in [6, 6.07) is 0. The van der Waals surface area contributed by atoms with Gasteiger partial charge in [-0.15, -0.1) is 5.10 Å². The molecule has 78 valence electrons. The number of aromatic nitrogens is 2. The van der Waals surface area contributed by atoms with Crippen LogP contribution in [-0.4, -0.2) is 33.5 Å². The van der Waals surface area contributed by atoms with Gasteiger partial charge in [-0.3, -0.25) is 4.79 Å². The van der Waals surface area contributed by atoms with Gasteiger partial charge in [-0.25, -0.2) is 0 Å². The maximum atomic E-state index is 11.9. The molecule has 1 aromatic rings. The van der Waals surface area contributed by atoms with E-state index in [0.717, 1.165) is 25.2 Å². The summed E-state index contributed by atoms with van der Waals surface area (Å²) in [5.74, 6) is 0.0573. The molecule has 14 heavy (non-hydrogen) atoms. The topological polar surface area (TPSA) is 46.1 Å². The van der Waals surface area contributed by atoms with Crippen LogP contribution in [0.4, 0.5) is 0 Å². The SMILES string of the molecule is CCc1nnsc1C(=O)N(CC)CC. The monoisotopic (exact) mass is 213 g/mol. The number of nitrogens with zero attached hydrogens (tertiary/aromatic N) is 3. The first-order chi connectivity index (χ1) is 6.74. The lowest BCUT2D eigenvalue weighted by molar-refractivity contribution is 0.0776. The van der Waals surface area contributed by atoms with Crippen LogP contribution in [0.5, 0.6) is 0 Å². The van der Waals surface area contributed by atoms with Crippen molar-refractivity contribution >= 4 is 17.4 Å². The van der Waals surface area contributed by atoms with Crippen molar-refractivity contribution < 1.29 is 4.79 Å².